The van der Waals surface area contributed by atoms with E-state index in [-0.39, 0.29) is 25.0 Å². The van der Waals surface area contributed by atoms with Gasteiger partial charge in [0.1, 0.15) is 22.9 Å². The van der Waals surface area contributed by atoms with E-state index in [4.69, 9.17) is 19.3 Å². The quantitative estimate of drug-likeness (QED) is 0.296. The molecule has 0 aliphatic rings. The zero-order valence-corrected chi connectivity index (χ0v) is 21.9. The summed E-state index contributed by atoms with van der Waals surface area (Å²) in [6.07, 6.45) is 2.32. The van der Waals surface area contributed by atoms with Crippen LogP contribution in [0.3, 0.4) is 0 Å². The lowest BCUT2D eigenvalue weighted by molar-refractivity contribution is -0.117. The van der Waals surface area contributed by atoms with Crippen molar-refractivity contribution in [3.8, 4) is 17.2 Å². The summed E-state index contributed by atoms with van der Waals surface area (Å²) in [6.45, 7) is 4.20. The van der Waals surface area contributed by atoms with Crippen LogP contribution in [-0.2, 0) is 11.2 Å². The van der Waals surface area contributed by atoms with E-state index in [1.807, 2.05) is 38.1 Å². The molecule has 0 heterocycles. The minimum absolute atomic E-state index is 0.0419. The average molecular weight is 519 g/mol. The Morgan fingerprint density at radius 1 is 0.947 bits per heavy atom. The molecule has 3 aromatic carbocycles. The van der Waals surface area contributed by atoms with E-state index in [0.717, 1.165) is 11.3 Å². The van der Waals surface area contributed by atoms with Crippen molar-refractivity contribution in [2.75, 3.05) is 26.9 Å². The highest BCUT2D eigenvalue weighted by Gasteiger charge is 2.15. The molecule has 0 aliphatic heterocycles. The van der Waals surface area contributed by atoms with E-state index in [1.165, 1.54) is 0 Å². The van der Waals surface area contributed by atoms with E-state index in [1.54, 1.807) is 61.7 Å². The Labute approximate surface area is 223 Å². The molecule has 200 valence electrons. The van der Waals surface area contributed by atoms with Crippen molar-refractivity contribution in [1.29, 1.82) is 0 Å². The Morgan fingerprint density at radius 2 is 1.66 bits per heavy atom. The smallest absolute Gasteiger partial charge is 0.267 e. The predicted molar refractivity (Wildman–Crippen MR) is 146 cm³/mol. The molecular formula is C30H34N2O6. The second kappa shape index (κ2) is 14.4. The van der Waals surface area contributed by atoms with Gasteiger partial charge in [0, 0.05) is 18.5 Å². The lowest BCUT2D eigenvalue weighted by Gasteiger charge is -2.12. The van der Waals surface area contributed by atoms with Crippen molar-refractivity contribution in [2.24, 2.45) is 0 Å². The summed E-state index contributed by atoms with van der Waals surface area (Å²) in [5, 5.41) is 14.3. The summed E-state index contributed by atoms with van der Waals surface area (Å²) in [4.78, 5) is 25.6. The van der Waals surface area contributed by atoms with Crippen LogP contribution in [0, 0.1) is 0 Å². The fourth-order valence-corrected chi connectivity index (χ4v) is 3.52. The molecule has 0 atom stereocenters. The number of carbonyl (C=O) groups excluding carboxylic acids is 2. The predicted octanol–water partition coefficient (Wildman–Crippen LogP) is 3.98. The van der Waals surface area contributed by atoms with Gasteiger partial charge < -0.3 is 30.0 Å². The molecule has 0 bridgehead atoms. The maximum atomic E-state index is 12.9. The number of ether oxygens (including phenoxy) is 3. The van der Waals surface area contributed by atoms with Crippen LogP contribution in [0.4, 0.5) is 0 Å². The second-order valence-corrected chi connectivity index (χ2v) is 8.70. The molecule has 0 aliphatic carbocycles. The van der Waals surface area contributed by atoms with Crippen molar-refractivity contribution in [3.63, 3.8) is 0 Å². The van der Waals surface area contributed by atoms with E-state index in [0.29, 0.717) is 35.7 Å². The molecule has 3 rings (SSSR count). The van der Waals surface area contributed by atoms with E-state index in [2.05, 4.69) is 10.6 Å². The van der Waals surface area contributed by atoms with Gasteiger partial charge >= 0.3 is 0 Å². The summed E-state index contributed by atoms with van der Waals surface area (Å²) < 4.78 is 16.7. The first-order valence-corrected chi connectivity index (χ1v) is 12.4. The lowest BCUT2D eigenvalue weighted by Crippen LogP contribution is -2.36. The van der Waals surface area contributed by atoms with Crippen LogP contribution in [0.15, 0.2) is 78.5 Å². The average Bonchev–Trinajstić information content (AvgIpc) is 2.92. The number of methoxy groups -OCH3 is 1. The molecule has 3 N–H and O–H groups in total. The van der Waals surface area contributed by atoms with Crippen LogP contribution < -0.4 is 24.8 Å². The molecule has 0 radical (unpaired) electrons. The molecule has 8 nitrogen and oxygen atoms in total. The van der Waals surface area contributed by atoms with Gasteiger partial charge in [0.05, 0.1) is 26.4 Å². The number of hydrogen-bond donors (Lipinski definition) is 3. The largest absolute Gasteiger partial charge is 0.497 e. The molecule has 0 fully saturated rings. The summed E-state index contributed by atoms with van der Waals surface area (Å²) in [5.74, 6) is 1.18. The fourth-order valence-electron chi connectivity index (χ4n) is 3.52. The van der Waals surface area contributed by atoms with Gasteiger partial charge in [0.2, 0.25) is 0 Å². The minimum atomic E-state index is -0.507. The second-order valence-electron chi connectivity index (χ2n) is 8.70. The highest BCUT2D eigenvalue weighted by Crippen LogP contribution is 2.17. The number of amides is 2. The lowest BCUT2D eigenvalue weighted by atomic mass is 10.1. The Bertz CT molecular complexity index is 1220. The molecule has 0 saturated heterocycles. The number of benzene rings is 3. The summed E-state index contributed by atoms with van der Waals surface area (Å²) in [5.41, 5.74) is 2.22. The van der Waals surface area contributed by atoms with Gasteiger partial charge in [-0.15, -0.1) is 0 Å². The van der Waals surface area contributed by atoms with Gasteiger partial charge in [-0.25, -0.2) is 0 Å². The minimum Gasteiger partial charge on any atom is -0.497 e. The number of rotatable bonds is 13. The third-order valence-electron chi connectivity index (χ3n) is 5.36. The third-order valence-corrected chi connectivity index (χ3v) is 5.36. The zero-order valence-electron chi connectivity index (χ0n) is 21.9. The normalized spacial score (nSPS) is 11.1. The maximum Gasteiger partial charge on any atom is 0.267 e. The van der Waals surface area contributed by atoms with Gasteiger partial charge in [0.25, 0.3) is 11.8 Å². The van der Waals surface area contributed by atoms with Crippen LogP contribution in [0.2, 0.25) is 0 Å². The molecule has 0 spiro atoms. The number of hydrogen-bond acceptors (Lipinski definition) is 6. The first-order valence-electron chi connectivity index (χ1n) is 12.4. The molecule has 0 aromatic heterocycles. The molecule has 3 aromatic rings. The maximum absolute atomic E-state index is 12.9. The molecule has 8 heteroatoms. The molecule has 38 heavy (non-hydrogen) atoms. The zero-order chi connectivity index (χ0) is 27.3. The summed E-state index contributed by atoms with van der Waals surface area (Å²) in [6, 6.07) is 21.7. The monoisotopic (exact) mass is 518 g/mol. The highest BCUT2D eigenvalue weighted by atomic mass is 16.5. The number of aliphatic hydroxyl groups is 1. The third kappa shape index (κ3) is 8.97. The summed E-state index contributed by atoms with van der Waals surface area (Å²) >= 11 is 0. The van der Waals surface area contributed by atoms with Crippen molar-refractivity contribution in [3.05, 3.63) is 95.2 Å². The van der Waals surface area contributed by atoms with Crippen LogP contribution in [0.25, 0.3) is 6.08 Å². The Balaban J connectivity index is 1.64. The Hall–Kier alpha value is -4.30. The molecular weight excluding hydrogens is 484 g/mol. The Morgan fingerprint density at radius 3 is 2.32 bits per heavy atom. The topological polar surface area (TPSA) is 106 Å². The number of nitrogens with one attached hydrogen (secondary N) is 2. The van der Waals surface area contributed by atoms with E-state index >= 15 is 0 Å². The standard InChI is InChI=1S/C30H34N2O6/c1-21(2)38-26-11-7-23(8-12-26)20-28(30(35)31-16-17-33)32-29(34)24-9-13-25(14-10-24)37-18-15-22-5-4-6-27(19-22)36-3/h4-14,19-21,33H,15-18H2,1-3H3,(H,31,35)(H,32,34)/b28-20-. The summed E-state index contributed by atoms with van der Waals surface area (Å²) in [7, 11) is 1.63. The molecule has 0 unspecified atom stereocenters. The number of aliphatic hydroxyl groups excluding tert-OH is 1. The van der Waals surface area contributed by atoms with Crippen molar-refractivity contribution in [1.82, 2.24) is 10.6 Å². The van der Waals surface area contributed by atoms with Crippen molar-refractivity contribution >= 4 is 17.9 Å². The first-order chi connectivity index (χ1) is 18.4. The van der Waals surface area contributed by atoms with Crippen LogP contribution in [0.5, 0.6) is 17.2 Å². The number of carbonyl (C=O) groups is 2. The van der Waals surface area contributed by atoms with Crippen molar-refractivity contribution in [2.45, 2.75) is 26.4 Å². The van der Waals surface area contributed by atoms with Crippen LogP contribution >= 0.6 is 0 Å². The van der Waals surface area contributed by atoms with Gasteiger partial charge in [-0.05, 0) is 79.6 Å². The SMILES string of the molecule is COc1cccc(CCOc2ccc(C(=O)N/C(=C\c3ccc(OC(C)C)cc3)C(=O)NCCO)cc2)c1. The van der Waals surface area contributed by atoms with Crippen molar-refractivity contribution < 1.29 is 28.9 Å². The van der Waals surface area contributed by atoms with Gasteiger partial charge in [-0.2, -0.15) is 0 Å². The highest BCUT2D eigenvalue weighted by molar-refractivity contribution is 6.05. The van der Waals surface area contributed by atoms with E-state index < -0.39 is 11.8 Å². The molecule has 0 saturated carbocycles. The van der Waals surface area contributed by atoms with Crippen LogP contribution in [-0.4, -0.2) is 49.9 Å². The van der Waals surface area contributed by atoms with Gasteiger partial charge in [0.15, 0.2) is 0 Å². The fraction of sp³-hybridized carbons (Fsp3) is 0.267. The Kier molecular flexibility index (Phi) is 10.7. The molecule has 2 amide bonds. The van der Waals surface area contributed by atoms with E-state index in [9.17, 15) is 9.59 Å². The van der Waals surface area contributed by atoms with Gasteiger partial charge in [-0.1, -0.05) is 24.3 Å². The first kappa shape index (κ1) is 28.3. The van der Waals surface area contributed by atoms with Gasteiger partial charge in [-0.3, -0.25) is 9.59 Å². The van der Waals surface area contributed by atoms with Crippen LogP contribution in [0.1, 0.15) is 35.3 Å².